The zero-order valence-electron chi connectivity index (χ0n) is 17.1. The molecule has 3 rings (SSSR count). The standard InChI is InChI=1S/C19H24N2O4S.C2H6/c1-3-16(25-26(2,23)24)18-15(13-14-9-5-4-6-10-14)19(22)21-12-8-7-11-17(21)20-18;1-2/h4-6,9-10,16H,3,7-8,11-13H2,1-2H3;1-2H3. The van der Waals surface area contributed by atoms with Gasteiger partial charge in [-0.05, 0) is 24.8 Å². The van der Waals surface area contributed by atoms with Gasteiger partial charge in [-0.2, -0.15) is 8.42 Å². The molecule has 1 aliphatic rings. The van der Waals surface area contributed by atoms with Gasteiger partial charge in [-0.15, -0.1) is 0 Å². The van der Waals surface area contributed by atoms with Crippen LogP contribution in [0.15, 0.2) is 35.1 Å². The number of fused-ring (bicyclic) bond motifs is 1. The molecule has 7 heteroatoms. The Bertz CT molecular complexity index is 937. The van der Waals surface area contributed by atoms with Crippen LogP contribution in [0.1, 0.15) is 68.8 Å². The quantitative estimate of drug-likeness (QED) is 0.685. The lowest BCUT2D eigenvalue weighted by molar-refractivity contribution is 0.203. The highest BCUT2D eigenvalue weighted by molar-refractivity contribution is 7.86. The minimum atomic E-state index is -3.66. The van der Waals surface area contributed by atoms with E-state index < -0.39 is 16.2 Å². The molecule has 1 unspecified atom stereocenters. The number of aromatic nitrogens is 2. The van der Waals surface area contributed by atoms with Gasteiger partial charge in [0, 0.05) is 24.9 Å². The number of hydrogen-bond donors (Lipinski definition) is 0. The topological polar surface area (TPSA) is 78.3 Å². The average molecular weight is 407 g/mol. The number of rotatable bonds is 6. The number of aryl methyl sites for hydroxylation is 1. The third-order valence-corrected chi connectivity index (χ3v) is 5.18. The monoisotopic (exact) mass is 406 g/mol. The van der Waals surface area contributed by atoms with E-state index in [0.717, 1.165) is 36.9 Å². The van der Waals surface area contributed by atoms with Crippen LogP contribution in [0.3, 0.4) is 0 Å². The Morgan fingerprint density at radius 2 is 1.86 bits per heavy atom. The van der Waals surface area contributed by atoms with Crippen LogP contribution in [-0.4, -0.2) is 24.2 Å². The zero-order chi connectivity index (χ0) is 20.7. The second kappa shape index (κ2) is 9.98. The van der Waals surface area contributed by atoms with Gasteiger partial charge in [0.2, 0.25) is 0 Å². The van der Waals surface area contributed by atoms with Crippen molar-refractivity contribution in [3.63, 3.8) is 0 Å². The van der Waals surface area contributed by atoms with Gasteiger partial charge in [0.15, 0.2) is 0 Å². The lowest BCUT2D eigenvalue weighted by Crippen LogP contribution is -2.33. The van der Waals surface area contributed by atoms with Crippen LogP contribution < -0.4 is 5.56 Å². The molecule has 2 heterocycles. The minimum Gasteiger partial charge on any atom is -0.296 e. The van der Waals surface area contributed by atoms with Crippen molar-refractivity contribution in [1.82, 2.24) is 9.55 Å². The van der Waals surface area contributed by atoms with Crippen molar-refractivity contribution in [3.8, 4) is 0 Å². The highest BCUT2D eigenvalue weighted by atomic mass is 32.2. The van der Waals surface area contributed by atoms with Crippen LogP contribution in [0.2, 0.25) is 0 Å². The van der Waals surface area contributed by atoms with Crippen molar-refractivity contribution in [3.05, 3.63) is 63.3 Å². The first-order chi connectivity index (χ1) is 13.4. The van der Waals surface area contributed by atoms with Gasteiger partial charge in [0.25, 0.3) is 15.7 Å². The Kier molecular flexibility index (Phi) is 7.95. The highest BCUT2D eigenvalue weighted by Crippen LogP contribution is 2.26. The van der Waals surface area contributed by atoms with Gasteiger partial charge in [0.05, 0.1) is 11.9 Å². The van der Waals surface area contributed by atoms with Crippen LogP contribution in [0, 0.1) is 0 Å². The molecule has 154 valence electrons. The van der Waals surface area contributed by atoms with E-state index in [0.29, 0.717) is 30.6 Å². The molecule has 0 spiro atoms. The molecule has 1 atom stereocenters. The Morgan fingerprint density at radius 1 is 1.18 bits per heavy atom. The molecule has 0 radical (unpaired) electrons. The molecule has 0 bridgehead atoms. The summed E-state index contributed by atoms with van der Waals surface area (Å²) in [6.07, 6.45) is 3.77. The van der Waals surface area contributed by atoms with E-state index in [2.05, 4.69) is 0 Å². The van der Waals surface area contributed by atoms with Gasteiger partial charge in [-0.1, -0.05) is 51.1 Å². The van der Waals surface area contributed by atoms with Crippen molar-refractivity contribution in [2.24, 2.45) is 0 Å². The van der Waals surface area contributed by atoms with Crippen molar-refractivity contribution >= 4 is 10.1 Å². The van der Waals surface area contributed by atoms with Crippen LogP contribution >= 0.6 is 0 Å². The van der Waals surface area contributed by atoms with Crippen molar-refractivity contribution < 1.29 is 12.6 Å². The first-order valence-electron chi connectivity index (χ1n) is 9.93. The zero-order valence-corrected chi connectivity index (χ0v) is 18.0. The summed E-state index contributed by atoms with van der Waals surface area (Å²) in [7, 11) is -3.66. The molecule has 1 aromatic carbocycles. The summed E-state index contributed by atoms with van der Waals surface area (Å²) in [6.45, 7) is 6.49. The predicted molar refractivity (Wildman–Crippen MR) is 111 cm³/mol. The lowest BCUT2D eigenvalue weighted by atomic mass is 10.00. The largest absolute Gasteiger partial charge is 0.296 e. The number of hydrogen-bond acceptors (Lipinski definition) is 5. The van der Waals surface area contributed by atoms with Crippen LogP contribution in [0.5, 0.6) is 0 Å². The van der Waals surface area contributed by atoms with Gasteiger partial charge in [-0.25, -0.2) is 4.98 Å². The maximum Gasteiger partial charge on any atom is 0.265 e. The lowest BCUT2D eigenvalue weighted by Gasteiger charge is -2.23. The minimum absolute atomic E-state index is 0.0795. The molecule has 0 aliphatic carbocycles. The molecule has 1 aromatic heterocycles. The summed E-state index contributed by atoms with van der Waals surface area (Å²) < 4.78 is 30.4. The summed E-state index contributed by atoms with van der Waals surface area (Å²) in [6, 6.07) is 9.66. The molecule has 6 nitrogen and oxygen atoms in total. The number of nitrogens with zero attached hydrogens (tertiary/aromatic N) is 2. The van der Waals surface area contributed by atoms with Gasteiger partial charge >= 0.3 is 0 Å². The molecule has 0 amide bonds. The molecule has 0 saturated carbocycles. The summed E-state index contributed by atoms with van der Waals surface area (Å²) in [5.41, 5.74) is 1.89. The smallest absolute Gasteiger partial charge is 0.265 e. The highest BCUT2D eigenvalue weighted by Gasteiger charge is 2.26. The van der Waals surface area contributed by atoms with Crippen LogP contribution in [0.25, 0.3) is 0 Å². The molecule has 0 fully saturated rings. The van der Waals surface area contributed by atoms with Crippen LogP contribution in [0.4, 0.5) is 0 Å². The SMILES string of the molecule is CC.CCC(OS(C)(=O)=O)c1nc2n(c(=O)c1Cc1ccccc1)CCCC2. The van der Waals surface area contributed by atoms with E-state index in [1.165, 1.54) is 0 Å². The first-order valence-corrected chi connectivity index (χ1v) is 11.8. The fourth-order valence-electron chi connectivity index (χ4n) is 3.38. The van der Waals surface area contributed by atoms with E-state index in [1.807, 2.05) is 51.1 Å². The molecular formula is C21H30N2O4S. The van der Waals surface area contributed by atoms with E-state index >= 15 is 0 Å². The third kappa shape index (κ3) is 5.52. The second-order valence-corrected chi connectivity index (χ2v) is 8.27. The van der Waals surface area contributed by atoms with E-state index in [1.54, 1.807) is 4.57 Å². The van der Waals surface area contributed by atoms with Crippen molar-refractivity contribution in [1.29, 1.82) is 0 Å². The van der Waals surface area contributed by atoms with Gasteiger partial charge < -0.3 is 0 Å². The fraction of sp³-hybridized carbons (Fsp3) is 0.524. The maximum absolute atomic E-state index is 13.1. The fourth-order valence-corrected chi connectivity index (χ4v) is 4.03. The van der Waals surface area contributed by atoms with Crippen LogP contribution in [-0.2, 0) is 33.7 Å². The molecule has 0 N–H and O–H groups in total. The van der Waals surface area contributed by atoms with Crippen molar-refractivity contribution in [2.45, 2.75) is 65.5 Å². The Hall–Kier alpha value is -1.99. The predicted octanol–water partition coefficient (Wildman–Crippen LogP) is 3.62. The van der Waals surface area contributed by atoms with E-state index in [4.69, 9.17) is 9.17 Å². The summed E-state index contributed by atoms with van der Waals surface area (Å²) in [4.78, 5) is 17.8. The van der Waals surface area contributed by atoms with E-state index in [9.17, 15) is 13.2 Å². The first kappa shape index (κ1) is 22.3. The summed E-state index contributed by atoms with van der Waals surface area (Å²) in [5, 5.41) is 0. The Morgan fingerprint density at radius 3 is 2.46 bits per heavy atom. The second-order valence-electron chi connectivity index (χ2n) is 6.67. The average Bonchev–Trinajstić information content (AvgIpc) is 2.70. The molecule has 1 aliphatic heterocycles. The summed E-state index contributed by atoms with van der Waals surface area (Å²) in [5.74, 6) is 0.726. The Labute approximate surface area is 167 Å². The summed E-state index contributed by atoms with van der Waals surface area (Å²) >= 11 is 0. The van der Waals surface area contributed by atoms with Gasteiger partial charge in [-0.3, -0.25) is 13.5 Å². The molecular weight excluding hydrogens is 376 g/mol. The van der Waals surface area contributed by atoms with E-state index in [-0.39, 0.29) is 5.56 Å². The van der Waals surface area contributed by atoms with Crippen molar-refractivity contribution in [2.75, 3.05) is 6.26 Å². The van der Waals surface area contributed by atoms with Gasteiger partial charge in [0.1, 0.15) is 11.9 Å². The molecule has 28 heavy (non-hydrogen) atoms. The number of benzene rings is 1. The molecule has 0 saturated heterocycles. The Balaban J connectivity index is 0.00000136. The normalized spacial score (nSPS) is 14.6. The maximum atomic E-state index is 13.1. The molecule has 2 aromatic rings. The third-order valence-electron chi connectivity index (χ3n) is 4.60.